The van der Waals surface area contributed by atoms with Crippen LogP contribution in [0.1, 0.15) is 81.7 Å². The number of carbonyl (C=O) groups excluding carboxylic acids is 2. The number of furan rings is 1. The van der Waals surface area contributed by atoms with Gasteiger partial charge in [0.25, 0.3) is 0 Å². The molecule has 0 bridgehead atoms. The Balaban J connectivity index is 1.44. The van der Waals surface area contributed by atoms with Crippen molar-refractivity contribution in [3.8, 4) is 5.75 Å². The number of aryl methyl sites for hydroxylation is 1. The molecule has 2 aromatic carbocycles. The van der Waals surface area contributed by atoms with Crippen molar-refractivity contribution in [2.75, 3.05) is 39.5 Å². The minimum atomic E-state index is -2.54. The normalized spacial score (nSPS) is 17.4. The number of rotatable bonds is 16. The quantitative estimate of drug-likeness (QED) is 0.165. The number of fused-ring (bicyclic) bond motifs is 1. The lowest BCUT2D eigenvalue weighted by Crippen LogP contribution is -2.31. The minimum Gasteiger partial charge on any atom is -0.492 e. The largest absolute Gasteiger partial charge is 0.492 e. The van der Waals surface area contributed by atoms with Gasteiger partial charge in [0.05, 0.1) is 24.3 Å². The second-order valence-electron chi connectivity index (χ2n) is 11.3. The van der Waals surface area contributed by atoms with E-state index in [2.05, 4.69) is 25.7 Å². The van der Waals surface area contributed by atoms with Crippen molar-refractivity contribution in [2.24, 2.45) is 0 Å². The molecule has 10 nitrogen and oxygen atoms in total. The molecule has 1 N–H and O–H groups in total. The van der Waals surface area contributed by atoms with Gasteiger partial charge in [0.2, 0.25) is 5.79 Å². The topological polar surface area (TPSA) is 117 Å². The molecule has 0 spiro atoms. The molecule has 10 heteroatoms. The molecule has 44 heavy (non-hydrogen) atoms. The number of cyclic esters (lactones) is 2. The molecule has 0 aliphatic carbocycles. The number of aliphatic hydroxyl groups is 1. The number of nitrogens with zero attached hydrogens (tertiary/aromatic N) is 1. The summed E-state index contributed by atoms with van der Waals surface area (Å²) in [4.78, 5) is 26.0. The van der Waals surface area contributed by atoms with Crippen LogP contribution in [0.3, 0.4) is 0 Å². The molecule has 0 atom stereocenters. The zero-order valence-corrected chi connectivity index (χ0v) is 25.9. The number of hydrogen-bond acceptors (Lipinski definition) is 10. The van der Waals surface area contributed by atoms with Crippen molar-refractivity contribution < 1.29 is 42.8 Å². The molecule has 238 valence electrons. The number of unbranched alkanes of at least 4 members (excludes halogenated alkanes) is 3. The zero-order valence-electron chi connectivity index (χ0n) is 25.9. The maximum absolute atomic E-state index is 11.7. The first-order chi connectivity index (χ1) is 21.3. The van der Waals surface area contributed by atoms with Crippen LogP contribution in [0, 0.1) is 0 Å². The molecule has 1 aromatic heterocycles. The Morgan fingerprint density at radius 1 is 0.818 bits per heavy atom. The third-order valence-electron chi connectivity index (χ3n) is 8.10. The Morgan fingerprint density at radius 2 is 1.43 bits per heavy atom. The molecule has 2 aliphatic heterocycles. The summed E-state index contributed by atoms with van der Waals surface area (Å²) in [6.45, 7) is 10.9. The van der Waals surface area contributed by atoms with Gasteiger partial charge in [-0.1, -0.05) is 40.0 Å². The molecule has 5 rings (SSSR count). The number of benzene rings is 2. The number of hydrogen-bond donors (Lipinski definition) is 1. The summed E-state index contributed by atoms with van der Waals surface area (Å²) < 4.78 is 35.0. The fourth-order valence-electron chi connectivity index (χ4n) is 5.72. The molecule has 0 amide bonds. The van der Waals surface area contributed by atoms with Gasteiger partial charge < -0.3 is 33.2 Å². The summed E-state index contributed by atoms with van der Waals surface area (Å²) in [5.74, 6) is -4.90. The van der Waals surface area contributed by atoms with Gasteiger partial charge in [0.1, 0.15) is 23.7 Å². The lowest BCUT2D eigenvalue weighted by atomic mass is 9.92. The second kappa shape index (κ2) is 14.1. The van der Waals surface area contributed by atoms with Crippen LogP contribution >= 0.6 is 0 Å². The number of ether oxygens (including phenoxy) is 5. The molecule has 2 saturated heterocycles. The van der Waals surface area contributed by atoms with Crippen molar-refractivity contribution in [1.29, 1.82) is 0 Å². The monoisotopic (exact) mass is 609 g/mol. The van der Waals surface area contributed by atoms with Crippen LogP contribution in [0.4, 0.5) is 0 Å². The van der Waals surface area contributed by atoms with Crippen LogP contribution in [-0.2, 0) is 46.7 Å². The fraction of sp³-hybridized carbons (Fsp3) is 0.529. The van der Waals surface area contributed by atoms with Crippen molar-refractivity contribution in [1.82, 2.24) is 4.90 Å². The van der Waals surface area contributed by atoms with Crippen molar-refractivity contribution in [3.63, 3.8) is 0 Å². The maximum Gasteiger partial charge on any atom is 0.422 e. The van der Waals surface area contributed by atoms with Gasteiger partial charge in [0.15, 0.2) is 0 Å². The first-order valence-corrected chi connectivity index (χ1v) is 15.8. The lowest BCUT2D eigenvalue weighted by molar-refractivity contribution is -0.302. The highest BCUT2D eigenvalue weighted by Crippen LogP contribution is 2.46. The summed E-state index contributed by atoms with van der Waals surface area (Å²) in [5.41, 5.74) is 2.02. The number of carbonyl (C=O) groups is 2. The van der Waals surface area contributed by atoms with Crippen LogP contribution < -0.4 is 4.74 Å². The van der Waals surface area contributed by atoms with E-state index < -0.39 is 23.7 Å². The molecular weight excluding hydrogens is 566 g/mol. The Labute approximate surface area is 258 Å². The lowest BCUT2D eigenvalue weighted by Gasteiger charge is -2.29. The van der Waals surface area contributed by atoms with Crippen molar-refractivity contribution in [2.45, 2.75) is 77.5 Å². The van der Waals surface area contributed by atoms with Crippen LogP contribution in [-0.4, -0.2) is 61.4 Å². The average Bonchev–Trinajstić information content (AvgIpc) is 3.73. The predicted molar refractivity (Wildman–Crippen MR) is 162 cm³/mol. The van der Waals surface area contributed by atoms with Gasteiger partial charge in [-0.05, 0) is 74.8 Å². The van der Waals surface area contributed by atoms with Crippen molar-refractivity contribution in [3.05, 3.63) is 64.9 Å². The first-order valence-electron chi connectivity index (χ1n) is 15.8. The van der Waals surface area contributed by atoms with Gasteiger partial charge in [-0.2, -0.15) is 0 Å². The molecule has 0 unspecified atom stereocenters. The van der Waals surface area contributed by atoms with E-state index in [0.29, 0.717) is 48.5 Å². The standard InChI is InChI=1S/C34H43NO9/c1-4-7-10-29-30(27-23-25(13-16-28(27)42-29)34(38)43-31(36)32(37)44-34)33(40-21-22-41-33)24-11-14-26(15-12-24)39-20-19-35(17-8-5-2)18-9-6-3/h11-16,23,38H,4-10,17-22H2,1-3H3. The molecule has 0 radical (unpaired) electrons. The second-order valence-corrected chi connectivity index (χ2v) is 11.3. The van der Waals surface area contributed by atoms with Crippen LogP contribution in [0.2, 0.25) is 0 Å². The fourth-order valence-corrected chi connectivity index (χ4v) is 5.72. The molecule has 2 fully saturated rings. The summed E-state index contributed by atoms with van der Waals surface area (Å²) in [6, 6.07) is 12.4. The summed E-state index contributed by atoms with van der Waals surface area (Å²) in [6.07, 6.45) is 7.16. The highest BCUT2D eigenvalue weighted by molar-refractivity contribution is 6.31. The van der Waals surface area contributed by atoms with Crippen LogP contribution in [0.5, 0.6) is 5.75 Å². The van der Waals surface area contributed by atoms with Crippen LogP contribution in [0.25, 0.3) is 11.0 Å². The van der Waals surface area contributed by atoms with Gasteiger partial charge in [-0.3, -0.25) is 4.90 Å². The van der Waals surface area contributed by atoms with Gasteiger partial charge >= 0.3 is 17.9 Å². The van der Waals surface area contributed by atoms with E-state index in [0.717, 1.165) is 43.8 Å². The summed E-state index contributed by atoms with van der Waals surface area (Å²) in [7, 11) is 0. The third-order valence-corrected chi connectivity index (χ3v) is 8.10. The molecule has 2 aliphatic rings. The maximum atomic E-state index is 11.7. The highest BCUT2D eigenvalue weighted by atomic mass is 16.9. The van der Waals surface area contributed by atoms with E-state index in [4.69, 9.17) is 28.1 Å². The van der Waals surface area contributed by atoms with Crippen LogP contribution in [0.15, 0.2) is 46.9 Å². The molecule has 3 aromatic rings. The minimum absolute atomic E-state index is 0.0668. The number of esters is 2. The first kappa shape index (κ1) is 32.0. The zero-order chi connectivity index (χ0) is 31.2. The highest BCUT2D eigenvalue weighted by Gasteiger charge is 2.50. The van der Waals surface area contributed by atoms with Gasteiger partial charge in [-0.15, -0.1) is 0 Å². The van der Waals surface area contributed by atoms with Gasteiger partial charge in [-0.25, -0.2) is 9.59 Å². The molecular formula is C34H43NO9. The molecule has 3 heterocycles. The average molecular weight is 610 g/mol. The SMILES string of the molecule is CCCCc1oc2ccc(C3(O)OC(=O)C(=O)O3)cc2c1C1(c2ccc(OCCN(CCCC)CCCC)cc2)OCCO1. The predicted octanol–water partition coefficient (Wildman–Crippen LogP) is 5.51. The third kappa shape index (κ3) is 6.63. The van der Waals surface area contributed by atoms with E-state index in [1.54, 1.807) is 12.1 Å². The summed E-state index contributed by atoms with van der Waals surface area (Å²) >= 11 is 0. The van der Waals surface area contributed by atoms with E-state index in [1.165, 1.54) is 31.7 Å². The Hall–Kier alpha value is -3.44. The van der Waals surface area contributed by atoms with E-state index in [-0.39, 0.29) is 5.56 Å². The molecule has 0 saturated carbocycles. The summed E-state index contributed by atoms with van der Waals surface area (Å²) in [5, 5.41) is 11.5. The Kier molecular flexibility index (Phi) is 10.3. The van der Waals surface area contributed by atoms with Gasteiger partial charge in [0, 0.05) is 23.9 Å². The van der Waals surface area contributed by atoms with Crippen molar-refractivity contribution >= 4 is 22.9 Å². The Bertz CT molecular complexity index is 1400. The smallest absolute Gasteiger partial charge is 0.422 e. The van der Waals surface area contributed by atoms with E-state index in [1.807, 2.05) is 24.3 Å². The van der Waals surface area contributed by atoms with E-state index >= 15 is 0 Å². The van der Waals surface area contributed by atoms with E-state index in [9.17, 15) is 14.7 Å². The Morgan fingerprint density at radius 3 is 2.05 bits per heavy atom.